The van der Waals surface area contributed by atoms with E-state index in [1.54, 1.807) is 0 Å². The molecule has 0 atom stereocenters. The summed E-state index contributed by atoms with van der Waals surface area (Å²) in [5.74, 6) is 1.91. The molecule has 0 fully saturated rings. The molecule has 0 saturated heterocycles. The monoisotopic (exact) mass is 704 g/mol. The van der Waals surface area contributed by atoms with Crippen LogP contribution < -0.4 is 0 Å². The number of hydrogen-bond donors (Lipinski definition) is 0. The molecule has 55 heavy (non-hydrogen) atoms. The van der Waals surface area contributed by atoms with E-state index in [0.29, 0.717) is 17.5 Å². The van der Waals surface area contributed by atoms with Gasteiger partial charge in [0.15, 0.2) is 17.5 Å². The van der Waals surface area contributed by atoms with E-state index in [4.69, 9.17) is 15.0 Å². The number of rotatable bonds is 6. The van der Waals surface area contributed by atoms with Crippen LogP contribution in [0.1, 0.15) is 25.0 Å². The van der Waals surface area contributed by atoms with Gasteiger partial charge in [0, 0.05) is 34.5 Å². The lowest BCUT2D eigenvalue weighted by Gasteiger charge is -2.23. The van der Waals surface area contributed by atoms with Crippen molar-refractivity contribution in [1.82, 2.24) is 19.9 Å². The van der Waals surface area contributed by atoms with E-state index in [9.17, 15) is 0 Å². The zero-order chi connectivity index (χ0) is 36.9. The SMILES string of the molecule is CC1(C)c2ccc(-c3cccc(-c4ccc(-c5nc(-c6ccccc6)nc(-c6ccc(-c7ccncc7)cc6)n5)cc4)c3)cc2-c2ccc3ccccc3c21. The molecule has 0 unspecified atom stereocenters. The second-order valence-corrected chi connectivity index (χ2v) is 14.7. The number of benzene rings is 7. The summed E-state index contributed by atoms with van der Waals surface area (Å²) >= 11 is 0. The molecule has 0 spiro atoms. The van der Waals surface area contributed by atoms with E-state index in [1.807, 2.05) is 54.9 Å². The molecule has 0 radical (unpaired) electrons. The molecule has 7 aromatic carbocycles. The van der Waals surface area contributed by atoms with Gasteiger partial charge in [-0.2, -0.15) is 0 Å². The Kier molecular flexibility index (Phi) is 7.77. The topological polar surface area (TPSA) is 51.6 Å². The fourth-order valence-electron chi connectivity index (χ4n) is 8.19. The first kappa shape index (κ1) is 32.6. The van der Waals surface area contributed by atoms with Crippen molar-refractivity contribution in [3.63, 3.8) is 0 Å². The van der Waals surface area contributed by atoms with Crippen LogP contribution in [0.5, 0.6) is 0 Å². The Hall–Kier alpha value is -7.04. The Morgan fingerprint density at radius 2 is 0.855 bits per heavy atom. The third kappa shape index (κ3) is 5.80. The Bertz CT molecular complexity index is 2860. The highest BCUT2D eigenvalue weighted by atomic mass is 15.0. The number of nitrogens with zero attached hydrogens (tertiary/aromatic N) is 4. The molecular weight excluding hydrogens is 669 g/mol. The molecule has 2 heterocycles. The highest BCUT2D eigenvalue weighted by Gasteiger charge is 2.36. The molecule has 0 amide bonds. The van der Waals surface area contributed by atoms with Crippen molar-refractivity contribution in [2.75, 3.05) is 0 Å². The first-order valence-corrected chi connectivity index (χ1v) is 18.7. The summed E-state index contributed by atoms with van der Waals surface area (Å²) in [7, 11) is 0. The molecule has 2 aromatic heterocycles. The molecule has 4 nitrogen and oxygen atoms in total. The highest BCUT2D eigenvalue weighted by molar-refractivity contribution is 5.98. The summed E-state index contributed by atoms with van der Waals surface area (Å²) in [4.78, 5) is 19.0. The average molecular weight is 705 g/mol. The molecule has 260 valence electrons. The normalized spacial score (nSPS) is 12.7. The number of hydrogen-bond acceptors (Lipinski definition) is 4. The van der Waals surface area contributed by atoms with Gasteiger partial charge in [-0.1, -0.05) is 159 Å². The minimum atomic E-state index is -0.0695. The first-order chi connectivity index (χ1) is 27.0. The average Bonchev–Trinajstić information content (AvgIpc) is 3.49. The van der Waals surface area contributed by atoms with Crippen LogP contribution in [0, 0.1) is 0 Å². The number of fused-ring (bicyclic) bond motifs is 5. The van der Waals surface area contributed by atoms with Crippen LogP contribution in [0.25, 0.3) is 89.4 Å². The maximum absolute atomic E-state index is 5.00. The predicted molar refractivity (Wildman–Crippen MR) is 225 cm³/mol. The van der Waals surface area contributed by atoms with E-state index >= 15 is 0 Å². The smallest absolute Gasteiger partial charge is 0.164 e. The van der Waals surface area contributed by atoms with Gasteiger partial charge in [-0.25, -0.2) is 15.0 Å². The lowest BCUT2D eigenvalue weighted by Crippen LogP contribution is -2.15. The van der Waals surface area contributed by atoms with E-state index < -0.39 is 0 Å². The molecule has 0 aliphatic heterocycles. The summed E-state index contributed by atoms with van der Waals surface area (Å²) in [5, 5.41) is 2.63. The first-order valence-electron chi connectivity index (χ1n) is 18.7. The third-order valence-corrected chi connectivity index (χ3v) is 11.0. The van der Waals surface area contributed by atoms with Crippen LogP contribution in [0.4, 0.5) is 0 Å². The van der Waals surface area contributed by atoms with Gasteiger partial charge >= 0.3 is 0 Å². The highest BCUT2D eigenvalue weighted by Crippen LogP contribution is 2.52. The van der Waals surface area contributed by atoms with Crippen LogP contribution in [-0.2, 0) is 5.41 Å². The predicted octanol–water partition coefficient (Wildman–Crippen LogP) is 12.7. The minimum absolute atomic E-state index is 0.0695. The quantitative estimate of drug-likeness (QED) is 0.173. The van der Waals surface area contributed by atoms with Crippen molar-refractivity contribution in [3.8, 4) is 78.7 Å². The molecule has 9 aromatic rings. The van der Waals surface area contributed by atoms with Crippen molar-refractivity contribution in [2.45, 2.75) is 19.3 Å². The third-order valence-electron chi connectivity index (χ3n) is 11.0. The second kappa shape index (κ2) is 13.1. The van der Waals surface area contributed by atoms with Crippen molar-refractivity contribution in [1.29, 1.82) is 0 Å². The summed E-state index contributed by atoms with van der Waals surface area (Å²) in [6.07, 6.45) is 3.62. The summed E-state index contributed by atoms with van der Waals surface area (Å²) < 4.78 is 0. The Morgan fingerprint density at radius 1 is 0.364 bits per heavy atom. The summed E-state index contributed by atoms with van der Waals surface area (Å²) in [6.45, 7) is 4.71. The minimum Gasteiger partial charge on any atom is -0.265 e. The lowest BCUT2D eigenvalue weighted by molar-refractivity contribution is 0.666. The van der Waals surface area contributed by atoms with Crippen molar-refractivity contribution >= 4 is 10.8 Å². The molecule has 1 aliphatic rings. The van der Waals surface area contributed by atoms with Gasteiger partial charge in [0.05, 0.1) is 0 Å². The number of pyridine rings is 1. The van der Waals surface area contributed by atoms with Crippen LogP contribution in [0.3, 0.4) is 0 Å². The van der Waals surface area contributed by atoms with E-state index in [2.05, 4.69) is 146 Å². The van der Waals surface area contributed by atoms with E-state index in [1.165, 1.54) is 44.2 Å². The standard InChI is InChI=1S/C51H36N4/c1-51(2)46-26-24-42(32-45(46)44-25-23-36-9-6-7-14-43(36)47(44)51)41-13-8-12-40(31-41)34-17-21-39(22-18-34)50-54-48(37-10-4-3-5-11-37)53-49(55-50)38-19-15-33(16-20-38)35-27-29-52-30-28-35/h3-32H,1-2H3. The fourth-order valence-corrected chi connectivity index (χ4v) is 8.19. The van der Waals surface area contributed by atoms with Gasteiger partial charge in [-0.05, 0) is 90.7 Å². The molecule has 4 heteroatoms. The maximum Gasteiger partial charge on any atom is 0.164 e. The van der Waals surface area contributed by atoms with Gasteiger partial charge in [-0.3, -0.25) is 4.98 Å². The lowest BCUT2D eigenvalue weighted by atomic mass is 9.80. The molecule has 0 N–H and O–H groups in total. The van der Waals surface area contributed by atoms with Gasteiger partial charge in [-0.15, -0.1) is 0 Å². The molecular formula is C51H36N4. The van der Waals surface area contributed by atoms with Crippen LogP contribution in [-0.4, -0.2) is 19.9 Å². The fraction of sp³-hybridized carbons (Fsp3) is 0.0588. The van der Waals surface area contributed by atoms with Crippen LogP contribution >= 0.6 is 0 Å². The Balaban J connectivity index is 0.979. The van der Waals surface area contributed by atoms with Crippen LogP contribution in [0.15, 0.2) is 182 Å². The summed E-state index contributed by atoms with van der Waals surface area (Å²) in [6, 6.07) is 60.2. The number of aromatic nitrogens is 4. The van der Waals surface area contributed by atoms with Gasteiger partial charge in [0.25, 0.3) is 0 Å². The summed E-state index contributed by atoms with van der Waals surface area (Å²) in [5.41, 5.74) is 15.1. The second-order valence-electron chi connectivity index (χ2n) is 14.7. The van der Waals surface area contributed by atoms with E-state index in [-0.39, 0.29) is 5.41 Å². The van der Waals surface area contributed by atoms with Crippen molar-refractivity contribution in [2.24, 2.45) is 0 Å². The zero-order valence-corrected chi connectivity index (χ0v) is 30.6. The largest absolute Gasteiger partial charge is 0.265 e. The molecule has 10 rings (SSSR count). The maximum atomic E-state index is 5.00. The van der Waals surface area contributed by atoms with Gasteiger partial charge < -0.3 is 0 Å². The zero-order valence-electron chi connectivity index (χ0n) is 30.6. The van der Waals surface area contributed by atoms with Crippen molar-refractivity contribution in [3.05, 3.63) is 193 Å². The van der Waals surface area contributed by atoms with Gasteiger partial charge in [0.2, 0.25) is 0 Å². The Morgan fingerprint density at radius 3 is 1.53 bits per heavy atom. The molecule has 0 saturated carbocycles. The van der Waals surface area contributed by atoms with Gasteiger partial charge in [0.1, 0.15) is 0 Å². The Labute approximate surface area is 320 Å². The van der Waals surface area contributed by atoms with Crippen LogP contribution in [0.2, 0.25) is 0 Å². The molecule has 1 aliphatic carbocycles. The van der Waals surface area contributed by atoms with Crippen molar-refractivity contribution < 1.29 is 0 Å². The molecule has 0 bridgehead atoms. The van der Waals surface area contributed by atoms with E-state index in [0.717, 1.165) is 38.9 Å².